The minimum atomic E-state index is 0.257. The van der Waals surface area contributed by atoms with Crippen molar-refractivity contribution in [1.82, 2.24) is 4.98 Å². The Morgan fingerprint density at radius 1 is 1.60 bits per heavy atom. The van der Waals surface area contributed by atoms with E-state index in [4.69, 9.17) is 10.5 Å². The van der Waals surface area contributed by atoms with E-state index < -0.39 is 0 Å². The van der Waals surface area contributed by atoms with Crippen LogP contribution in [-0.4, -0.2) is 23.7 Å². The average molecular weight is 226 g/mol. The molecule has 0 bridgehead atoms. The molecule has 0 radical (unpaired) electrons. The zero-order chi connectivity index (χ0) is 10.7. The van der Waals surface area contributed by atoms with Crippen molar-refractivity contribution >= 4 is 11.3 Å². The Morgan fingerprint density at radius 3 is 3.07 bits per heavy atom. The second kappa shape index (κ2) is 5.05. The number of aromatic nitrogens is 1. The molecule has 1 aliphatic carbocycles. The molecule has 0 spiro atoms. The molecule has 0 aliphatic heterocycles. The lowest BCUT2D eigenvalue weighted by Gasteiger charge is -2.15. The molecule has 2 atom stereocenters. The summed E-state index contributed by atoms with van der Waals surface area (Å²) in [6.07, 6.45) is 4.72. The van der Waals surface area contributed by atoms with Crippen LogP contribution in [0.25, 0.3) is 0 Å². The van der Waals surface area contributed by atoms with E-state index in [1.807, 2.05) is 12.4 Å². The van der Waals surface area contributed by atoms with E-state index in [2.05, 4.69) is 4.98 Å². The predicted molar refractivity (Wildman–Crippen MR) is 62.1 cm³/mol. The van der Waals surface area contributed by atoms with E-state index in [1.165, 1.54) is 11.3 Å². The number of ether oxygens (including phenoxy) is 1. The van der Waals surface area contributed by atoms with Crippen molar-refractivity contribution in [2.24, 2.45) is 5.73 Å². The first kappa shape index (κ1) is 11.0. The molecule has 0 aromatic carbocycles. The fourth-order valence-electron chi connectivity index (χ4n) is 2.03. The Bertz CT molecular complexity index is 313. The molecule has 2 unspecified atom stereocenters. The molecule has 0 amide bonds. The Morgan fingerprint density at radius 2 is 2.47 bits per heavy atom. The number of aryl methyl sites for hydroxylation is 1. The largest absolute Gasteiger partial charge is 0.376 e. The number of rotatable bonds is 4. The minimum Gasteiger partial charge on any atom is -0.376 e. The first-order valence-electron chi connectivity index (χ1n) is 5.53. The molecule has 2 rings (SSSR count). The summed E-state index contributed by atoms with van der Waals surface area (Å²) >= 11 is 1.71. The summed E-state index contributed by atoms with van der Waals surface area (Å²) in [6, 6.07) is 0.257. The molecule has 1 saturated carbocycles. The van der Waals surface area contributed by atoms with E-state index in [9.17, 15) is 0 Å². The zero-order valence-electron chi connectivity index (χ0n) is 9.11. The summed E-state index contributed by atoms with van der Waals surface area (Å²) in [7, 11) is 0. The van der Waals surface area contributed by atoms with Crippen LogP contribution in [-0.2, 0) is 11.2 Å². The van der Waals surface area contributed by atoms with Gasteiger partial charge in [0.15, 0.2) is 0 Å². The van der Waals surface area contributed by atoms with Gasteiger partial charge in [-0.15, -0.1) is 11.3 Å². The number of thiazole rings is 1. The fraction of sp³-hybridized carbons (Fsp3) is 0.727. The first-order chi connectivity index (χ1) is 7.27. The van der Waals surface area contributed by atoms with Crippen LogP contribution in [0.5, 0.6) is 0 Å². The standard InChI is InChI=1S/C11H18N2OS/c1-8-11(15-7-13-8)5-6-14-10-4-2-3-9(10)12/h7,9-10H,2-6,12H2,1H3. The third kappa shape index (κ3) is 2.77. The Balaban J connectivity index is 1.73. The topological polar surface area (TPSA) is 48.1 Å². The molecular formula is C11H18N2OS. The summed E-state index contributed by atoms with van der Waals surface area (Å²) < 4.78 is 5.80. The molecular weight excluding hydrogens is 208 g/mol. The van der Waals surface area contributed by atoms with Crippen LogP contribution in [0.4, 0.5) is 0 Å². The SMILES string of the molecule is Cc1ncsc1CCOC1CCCC1N. The van der Waals surface area contributed by atoms with Gasteiger partial charge >= 0.3 is 0 Å². The van der Waals surface area contributed by atoms with Gasteiger partial charge in [-0.1, -0.05) is 0 Å². The maximum atomic E-state index is 5.93. The van der Waals surface area contributed by atoms with Gasteiger partial charge in [-0.25, -0.2) is 4.98 Å². The predicted octanol–water partition coefficient (Wildman–Crippen LogP) is 1.89. The average Bonchev–Trinajstić information content (AvgIpc) is 2.78. The van der Waals surface area contributed by atoms with Crippen molar-refractivity contribution in [1.29, 1.82) is 0 Å². The number of nitrogens with zero attached hydrogens (tertiary/aromatic N) is 1. The summed E-state index contributed by atoms with van der Waals surface area (Å²) in [6.45, 7) is 2.83. The van der Waals surface area contributed by atoms with Gasteiger partial charge in [-0.3, -0.25) is 0 Å². The highest BCUT2D eigenvalue weighted by Crippen LogP contribution is 2.21. The van der Waals surface area contributed by atoms with E-state index in [0.29, 0.717) is 6.10 Å². The number of hydrogen-bond donors (Lipinski definition) is 1. The van der Waals surface area contributed by atoms with Gasteiger partial charge in [0, 0.05) is 17.3 Å². The van der Waals surface area contributed by atoms with E-state index in [1.54, 1.807) is 11.3 Å². The fourth-order valence-corrected chi connectivity index (χ4v) is 2.79. The molecule has 3 nitrogen and oxygen atoms in total. The zero-order valence-corrected chi connectivity index (χ0v) is 9.93. The molecule has 1 aromatic heterocycles. The lowest BCUT2D eigenvalue weighted by Crippen LogP contribution is -2.31. The molecule has 4 heteroatoms. The van der Waals surface area contributed by atoms with Crippen molar-refractivity contribution < 1.29 is 4.74 Å². The Labute approximate surface area is 94.7 Å². The van der Waals surface area contributed by atoms with Crippen LogP contribution >= 0.6 is 11.3 Å². The normalized spacial score (nSPS) is 26.0. The molecule has 1 aromatic rings. The van der Waals surface area contributed by atoms with E-state index in [0.717, 1.165) is 31.6 Å². The molecule has 84 valence electrons. The van der Waals surface area contributed by atoms with E-state index in [-0.39, 0.29) is 6.04 Å². The van der Waals surface area contributed by atoms with Gasteiger partial charge in [-0.05, 0) is 26.2 Å². The van der Waals surface area contributed by atoms with Gasteiger partial charge < -0.3 is 10.5 Å². The quantitative estimate of drug-likeness (QED) is 0.853. The first-order valence-corrected chi connectivity index (χ1v) is 6.41. The highest BCUT2D eigenvalue weighted by atomic mass is 32.1. The van der Waals surface area contributed by atoms with Gasteiger partial charge in [0.05, 0.1) is 23.9 Å². The third-order valence-electron chi connectivity index (χ3n) is 3.01. The summed E-state index contributed by atoms with van der Waals surface area (Å²) in [5, 5.41) is 0. The van der Waals surface area contributed by atoms with Crippen LogP contribution in [0.1, 0.15) is 29.8 Å². The lowest BCUT2D eigenvalue weighted by atomic mass is 10.2. The Hall–Kier alpha value is -0.450. The van der Waals surface area contributed by atoms with Crippen molar-refractivity contribution in [2.45, 2.75) is 44.8 Å². The van der Waals surface area contributed by atoms with Crippen molar-refractivity contribution in [2.75, 3.05) is 6.61 Å². The summed E-state index contributed by atoms with van der Waals surface area (Å²) in [5.41, 5.74) is 8.97. The monoisotopic (exact) mass is 226 g/mol. The van der Waals surface area contributed by atoms with Crippen LogP contribution < -0.4 is 5.73 Å². The van der Waals surface area contributed by atoms with Crippen LogP contribution in [0.3, 0.4) is 0 Å². The van der Waals surface area contributed by atoms with Gasteiger partial charge in [0.1, 0.15) is 0 Å². The highest BCUT2D eigenvalue weighted by Gasteiger charge is 2.24. The smallest absolute Gasteiger partial charge is 0.0797 e. The molecule has 1 heterocycles. The van der Waals surface area contributed by atoms with E-state index >= 15 is 0 Å². The second-order valence-electron chi connectivity index (χ2n) is 4.11. The minimum absolute atomic E-state index is 0.257. The molecule has 2 N–H and O–H groups in total. The molecule has 15 heavy (non-hydrogen) atoms. The van der Waals surface area contributed by atoms with Crippen molar-refractivity contribution in [3.8, 4) is 0 Å². The summed E-state index contributed by atoms with van der Waals surface area (Å²) in [5.74, 6) is 0. The van der Waals surface area contributed by atoms with Crippen LogP contribution in [0.2, 0.25) is 0 Å². The maximum absolute atomic E-state index is 5.93. The van der Waals surface area contributed by atoms with Crippen molar-refractivity contribution in [3.05, 3.63) is 16.1 Å². The molecule has 0 saturated heterocycles. The lowest BCUT2D eigenvalue weighted by molar-refractivity contribution is 0.0504. The Kier molecular flexibility index (Phi) is 3.72. The van der Waals surface area contributed by atoms with Crippen LogP contribution in [0, 0.1) is 6.92 Å². The molecule has 1 aliphatic rings. The van der Waals surface area contributed by atoms with Gasteiger partial charge in [-0.2, -0.15) is 0 Å². The summed E-state index contributed by atoms with van der Waals surface area (Å²) in [4.78, 5) is 5.56. The number of nitrogens with two attached hydrogens (primary N) is 1. The highest BCUT2D eigenvalue weighted by molar-refractivity contribution is 7.09. The number of hydrogen-bond acceptors (Lipinski definition) is 4. The second-order valence-corrected chi connectivity index (χ2v) is 5.05. The van der Waals surface area contributed by atoms with Crippen LogP contribution in [0.15, 0.2) is 5.51 Å². The maximum Gasteiger partial charge on any atom is 0.0797 e. The van der Waals surface area contributed by atoms with Crippen molar-refractivity contribution in [3.63, 3.8) is 0 Å². The molecule has 1 fully saturated rings. The van der Waals surface area contributed by atoms with Gasteiger partial charge in [0.25, 0.3) is 0 Å². The van der Waals surface area contributed by atoms with Gasteiger partial charge in [0.2, 0.25) is 0 Å². The third-order valence-corrected chi connectivity index (χ3v) is 4.00.